The van der Waals surface area contributed by atoms with Gasteiger partial charge in [0.2, 0.25) is 0 Å². The number of fused-ring (bicyclic) bond motifs is 1. The molecule has 3 rings (SSSR count). The summed E-state index contributed by atoms with van der Waals surface area (Å²) in [5.41, 5.74) is 4.44. The van der Waals surface area contributed by atoms with Gasteiger partial charge in [0.1, 0.15) is 0 Å². The van der Waals surface area contributed by atoms with Gasteiger partial charge in [-0.1, -0.05) is 92.5 Å². The molecule has 0 bridgehead atoms. The molecule has 3 aromatic carbocycles. The van der Waals surface area contributed by atoms with E-state index in [0.717, 1.165) is 22.9 Å². The van der Waals surface area contributed by atoms with E-state index >= 15 is 0 Å². The van der Waals surface area contributed by atoms with Crippen molar-refractivity contribution in [3.63, 3.8) is 0 Å². The van der Waals surface area contributed by atoms with Gasteiger partial charge in [0.15, 0.2) is 5.78 Å². The van der Waals surface area contributed by atoms with Gasteiger partial charge in [-0.15, -0.1) is 0 Å². The van der Waals surface area contributed by atoms with Crippen molar-refractivity contribution in [3.8, 4) is 11.1 Å². The van der Waals surface area contributed by atoms with Gasteiger partial charge in [0.05, 0.1) is 5.33 Å². The number of benzene rings is 3. The van der Waals surface area contributed by atoms with Crippen molar-refractivity contribution in [2.75, 3.05) is 10.7 Å². The molecule has 0 aliphatic rings. The molecule has 0 atom stereocenters. The third kappa shape index (κ3) is 3.41. The maximum absolute atomic E-state index is 11.7. The van der Waals surface area contributed by atoms with Crippen molar-refractivity contribution < 1.29 is 4.79 Å². The van der Waals surface area contributed by atoms with E-state index in [-0.39, 0.29) is 5.78 Å². The number of ketones is 1. The van der Waals surface area contributed by atoms with Crippen molar-refractivity contribution in [3.05, 3.63) is 71.8 Å². The molecule has 0 saturated heterocycles. The molecule has 0 aromatic heterocycles. The molecule has 116 valence electrons. The zero-order chi connectivity index (χ0) is 16.2. The van der Waals surface area contributed by atoms with Crippen molar-refractivity contribution in [1.29, 1.82) is 0 Å². The van der Waals surface area contributed by atoms with E-state index in [1.807, 2.05) is 24.3 Å². The number of carbonyl (C=O) groups excluding carboxylic acids is 1. The topological polar surface area (TPSA) is 17.1 Å². The number of halogens is 2. The van der Waals surface area contributed by atoms with Crippen LogP contribution in [0.5, 0.6) is 0 Å². The van der Waals surface area contributed by atoms with Crippen LogP contribution in [0, 0.1) is 0 Å². The number of aryl methyl sites for hydroxylation is 1. The van der Waals surface area contributed by atoms with Gasteiger partial charge in [-0.25, -0.2) is 0 Å². The standard InChI is InChI=1S/C20H16Br2O/c21-12-11-14-3-1-6-19-17(14)4-2-5-18(19)15-7-9-16(10-8-15)20(23)13-22/h1-10H,11-13H2. The Labute approximate surface area is 153 Å². The molecule has 0 spiro atoms. The summed E-state index contributed by atoms with van der Waals surface area (Å²) in [6, 6.07) is 20.8. The fourth-order valence-electron chi connectivity index (χ4n) is 2.86. The molecule has 0 aliphatic heterocycles. The van der Waals surface area contributed by atoms with Crippen LogP contribution < -0.4 is 0 Å². The van der Waals surface area contributed by atoms with Crippen LogP contribution in [-0.4, -0.2) is 16.4 Å². The lowest BCUT2D eigenvalue weighted by Gasteiger charge is -2.11. The smallest absolute Gasteiger partial charge is 0.173 e. The number of alkyl halides is 2. The normalized spacial score (nSPS) is 10.9. The van der Waals surface area contributed by atoms with Crippen molar-refractivity contribution >= 4 is 48.4 Å². The average molecular weight is 432 g/mol. The van der Waals surface area contributed by atoms with Gasteiger partial charge >= 0.3 is 0 Å². The zero-order valence-electron chi connectivity index (χ0n) is 12.6. The summed E-state index contributed by atoms with van der Waals surface area (Å²) in [6.07, 6.45) is 1.01. The Morgan fingerprint density at radius 3 is 2.22 bits per heavy atom. The first-order chi connectivity index (χ1) is 11.2. The summed E-state index contributed by atoms with van der Waals surface area (Å²) in [5, 5.41) is 3.87. The van der Waals surface area contributed by atoms with E-state index in [0.29, 0.717) is 5.33 Å². The Morgan fingerprint density at radius 1 is 0.826 bits per heavy atom. The molecule has 0 unspecified atom stereocenters. The minimum atomic E-state index is 0.106. The molecule has 1 nitrogen and oxygen atoms in total. The molecule has 0 fully saturated rings. The number of carbonyl (C=O) groups is 1. The molecular formula is C20H16Br2O. The maximum atomic E-state index is 11.7. The summed E-state index contributed by atoms with van der Waals surface area (Å²) in [4.78, 5) is 11.7. The van der Waals surface area contributed by atoms with Crippen molar-refractivity contribution in [2.45, 2.75) is 6.42 Å². The molecule has 0 saturated carbocycles. The van der Waals surface area contributed by atoms with Gasteiger partial charge in [-0.05, 0) is 33.9 Å². The van der Waals surface area contributed by atoms with Crippen molar-refractivity contribution in [1.82, 2.24) is 0 Å². The molecule has 3 heteroatoms. The third-order valence-electron chi connectivity index (χ3n) is 4.02. The van der Waals surface area contributed by atoms with Crippen molar-refractivity contribution in [2.24, 2.45) is 0 Å². The molecule has 0 radical (unpaired) electrons. The van der Waals surface area contributed by atoms with Crippen LogP contribution in [0.4, 0.5) is 0 Å². The molecule has 0 N–H and O–H groups in total. The highest BCUT2D eigenvalue weighted by molar-refractivity contribution is 9.09. The Morgan fingerprint density at radius 2 is 1.52 bits per heavy atom. The first kappa shape index (κ1) is 16.4. The fraction of sp³-hybridized carbons (Fsp3) is 0.150. The molecule has 23 heavy (non-hydrogen) atoms. The predicted molar refractivity (Wildman–Crippen MR) is 105 cm³/mol. The van der Waals surface area contributed by atoms with E-state index in [1.165, 1.54) is 21.9 Å². The van der Waals surface area contributed by atoms with Crippen LogP contribution in [0.3, 0.4) is 0 Å². The molecule has 0 aliphatic carbocycles. The number of Topliss-reactive ketones (excluding diaryl/α,β-unsaturated/α-hetero) is 1. The zero-order valence-corrected chi connectivity index (χ0v) is 15.7. The lowest BCUT2D eigenvalue weighted by atomic mass is 9.94. The van der Waals surface area contributed by atoms with Gasteiger partial charge in [-0.3, -0.25) is 4.79 Å². The summed E-state index contributed by atoms with van der Waals surface area (Å²) in [7, 11) is 0. The third-order valence-corrected chi connectivity index (χ3v) is 4.92. The first-order valence-corrected chi connectivity index (χ1v) is 9.75. The minimum Gasteiger partial charge on any atom is -0.293 e. The summed E-state index contributed by atoms with van der Waals surface area (Å²) in [5.74, 6) is 0.106. The quantitative estimate of drug-likeness (QED) is 0.356. The van der Waals surface area contributed by atoms with E-state index in [4.69, 9.17) is 0 Å². The maximum Gasteiger partial charge on any atom is 0.173 e. The Hall–Kier alpha value is -1.45. The van der Waals surface area contributed by atoms with Gasteiger partial charge in [0, 0.05) is 10.9 Å². The highest BCUT2D eigenvalue weighted by atomic mass is 79.9. The number of rotatable bonds is 5. The number of hydrogen-bond acceptors (Lipinski definition) is 1. The molecule has 3 aromatic rings. The Bertz CT molecular complexity index is 838. The summed E-state index contributed by atoms with van der Waals surface area (Å²) >= 11 is 6.74. The highest BCUT2D eigenvalue weighted by Crippen LogP contribution is 2.31. The summed E-state index contributed by atoms with van der Waals surface area (Å²) < 4.78 is 0. The van der Waals surface area contributed by atoms with Crippen LogP contribution in [0.1, 0.15) is 15.9 Å². The van der Waals surface area contributed by atoms with E-state index in [1.54, 1.807) is 0 Å². The van der Waals surface area contributed by atoms with E-state index in [9.17, 15) is 4.79 Å². The highest BCUT2D eigenvalue weighted by Gasteiger charge is 2.08. The van der Waals surface area contributed by atoms with Crippen LogP contribution in [0.25, 0.3) is 21.9 Å². The van der Waals surface area contributed by atoms with Gasteiger partial charge in [0.25, 0.3) is 0 Å². The van der Waals surface area contributed by atoms with Crippen LogP contribution in [0.2, 0.25) is 0 Å². The lowest BCUT2D eigenvalue weighted by Crippen LogP contribution is -1.99. The lowest BCUT2D eigenvalue weighted by molar-refractivity contribution is 0.102. The second-order valence-electron chi connectivity index (χ2n) is 5.39. The molecular weight excluding hydrogens is 416 g/mol. The van der Waals surface area contributed by atoms with Crippen LogP contribution >= 0.6 is 31.9 Å². The fourth-order valence-corrected chi connectivity index (χ4v) is 3.61. The molecule has 0 amide bonds. The molecule has 0 heterocycles. The van der Waals surface area contributed by atoms with Crippen LogP contribution in [0.15, 0.2) is 60.7 Å². The largest absolute Gasteiger partial charge is 0.293 e. The predicted octanol–water partition coefficient (Wildman–Crippen LogP) is 6.02. The first-order valence-electron chi connectivity index (χ1n) is 7.51. The average Bonchev–Trinajstić information content (AvgIpc) is 2.61. The minimum absolute atomic E-state index is 0.106. The number of hydrogen-bond donors (Lipinski definition) is 0. The summed E-state index contributed by atoms with van der Waals surface area (Å²) in [6.45, 7) is 0. The second kappa shape index (κ2) is 7.41. The van der Waals surface area contributed by atoms with Crippen LogP contribution in [-0.2, 0) is 6.42 Å². The SMILES string of the molecule is O=C(CBr)c1ccc(-c2cccc3c(CCBr)cccc23)cc1. The van der Waals surface area contributed by atoms with E-state index in [2.05, 4.69) is 68.3 Å². The second-order valence-corrected chi connectivity index (χ2v) is 6.74. The van der Waals surface area contributed by atoms with E-state index < -0.39 is 0 Å². The van der Waals surface area contributed by atoms with Gasteiger partial charge < -0.3 is 0 Å². The van der Waals surface area contributed by atoms with Gasteiger partial charge in [-0.2, -0.15) is 0 Å². The monoisotopic (exact) mass is 430 g/mol. The Kier molecular flexibility index (Phi) is 5.29. The Balaban J connectivity index is 2.09.